The zero-order valence-electron chi connectivity index (χ0n) is 17.6. The van der Waals surface area contributed by atoms with E-state index in [2.05, 4.69) is 25.5 Å². The van der Waals surface area contributed by atoms with Crippen LogP contribution in [0.2, 0.25) is 0 Å². The second-order valence-electron chi connectivity index (χ2n) is 7.90. The van der Waals surface area contributed by atoms with Crippen molar-refractivity contribution < 1.29 is 4.79 Å². The average molecular weight is 449 g/mol. The first-order valence-electron chi connectivity index (χ1n) is 10.8. The smallest absolute Gasteiger partial charge is 0.274 e. The minimum Gasteiger partial charge on any atom is -0.345 e. The van der Waals surface area contributed by atoms with Crippen molar-refractivity contribution in [3.8, 4) is 10.6 Å². The maximum absolute atomic E-state index is 12.9. The van der Waals surface area contributed by atoms with Crippen LogP contribution in [-0.4, -0.2) is 50.4 Å². The predicted molar refractivity (Wildman–Crippen MR) is 125 cm³/mol. The summed E-state index contributed by atoms with van der Waals surface area (Å²) in [5.41, 5.74) is 1.70. The van der Waals surface area contributed by atoms with Gasteiger partial charge in [0.25, 0.3) is 11.5 Å². The standard InChI is InChI=1S/C23H24N6O2S/c30-22(19-14-18(25-26-19)21-8-5-13-32-21)24-15-20-16-6-1-2-7-17(16)23(31)29(27-20)12-11-28-9-3-4-10-28/h1-2,5-8,13-14H,3-4,9-12,15H2,(H,24,30)(H,25,26). The van der Waals surface area contributed by atoms with Crippen LogP contribution in [0.4, 0.5) is 0 Å². The zero-order chi connectivity index (χ0) is 21.9. The topological polar surface area (TPSA) is 95.9 Å². The number of hydrogen-bond donors (Lipinski definition) is 2. The molecular weight excluding hydrogens is 424 g/mol. The van der Waals surface area contributed by atoms with Gasteiger partial charge in [0.15, 0.2) is 5.69 Å². The van der Waals surface area contributed by atoms with E-state index in [1.165, 1.54) is 17.5 Å². The molecule has 1 aromatic carbocycles. The number of aromatic nitrogens is 4. The van der Waals surface area contributed by atoms with Crippen molar-refractivity contribution in [3.63, 3.8) is 0 Å². The molecule has 0 spiro atoms. The highest BCUT2D eigenvalue weighted by Crippen LogP contribution is 2.23. The lowest BCUT2D eigenvalue weighted by molar-refractivity contribution is 0.0945. The molecule has 9 heteroatoms. The molecule has 0 aliphatic carbocycles. The summed E-state index contributed by atoms with van der Waals surface area (Å²) in [5.74, 6) is -0.287. The van der Waals surface area contributed by atoms with E-state index in [4.69, 9.17) is 0 Å². The summed E-state index contributed by atoms with van der Waals surface area (Å²) in [5, 5.41) is 17.9. The zero-order valence-corrected chi connectivity index (χ0v) is 18.4. The van der Waals surface area contributed by atoms with Crippen molar-refractivity contribution in [1.82, 2.24) is 30.2 Å². The van der Waals surface area contributed by atoms with E-state index >= 15 is 0 Å². The van der Waals surface area contributed by atoms with Gasteiger partial charge in [-0.3, -0.25) is 14.7 Å². The normalized spacial score (nSPS) is 14.2. The van der Waals surface area contributed by atoms with Gasteiger partial charge >= 0.3 is 0 Å². The molecule has 0 bridgehead atoms. The van der Waals surface area contributed by atoms with Gasteiger partial charge in [-0.15, -0.1) is 11.3 Å². The fraction of sp³-hybridized carbons (Fsp3) is 0.304. The van der Waals surface area contributed by atoms with Gasteiger partial charge in [0.05, 0.1) is 34.7 Å². The highest BCUT2D eigenvalue weighted by atomic mass is 32.1. The molecule has 3 aromatic heterocycles. The van der Waals surface area contributed by atoms with Gasteiger partial charge in [-0.05, 0) is 49.5 Å². The Balaban J connectivity index is 1.35. The van der Waals surface area contributed by atoms with Gasteiger partial charge in [-0.1, -0.05) is 24.3 Å². The molecule has 1 aliphatic heterocycles. The summed E-state index contributed by atoms with van der Waals surface area (Å²) >= 11 is 1.58. The lowest BCUT2D eigenvalue weighted by Crippen LogP contribution is -2.32. The van der Waals surface area contributed by atoms with E-state index in [1.807, 2.05) is 41.8 Å². The minimum atomic E-state index is -0.287. The Labute approximate surface area is 188 Å². The Kier molecular flexibility index (Phi) is 5.83. The van der Waals surface area contributed by atoms with Crippen LogP contribution in [0.25, 0.3) is 21.3 Å². The fourth-order valence-electron chi connectivity index (χ4n) is 4.08. The van der Waals surface area contributed by atoms with Crippen LogP contribution >= 0.6 is 11.3 Å². The first kappa shape index (κ1) is 20.6. The summed E-state index contributed by atoms with van der Waals surface area (Å²) in [6, 6.07) is 13.1. The Bertz CT molecular complexity index is 1290. The predicted octanol–water partition coefficient (Wildman–Crippen LogP) is 2.87. The number of fused-ring (bicyclic) bond motifs is 1. The molecule has 1 amide bonds. The second-order valence-corrected chi connectivity index (χ2v) is 8.84. The third-order valence-electron chi connectivity index (χ3n) is 5.78. The van der Waals surface area contributed by atoms with Crippen LogP contribution in [0, 0.1) is 0 Å². The van der Waals surface area contributed by atoms with Crippen LogP contribution < -0.4 is 10.9 Å². The highest BCUT2D eigenvalue weighted by Gasteiger charge is 2.16. The van der Waals surface area contributed by atoms with E-state index in [0.717, 1.165) is 35.6 Å². The van der Waals surface area contributed by atoms with E-state index in [0.29, 0.717) is 23.3 Å². The number of likely N-dealkylation sites (tertiary alicyclic amines) is 1. The van der Waals surface area contributed by atoms with E-state index < -0.39 is 0 Å². The number of aromatic amines is 1. The van der Waals surface area contributed by atoms with Crippen molar-refractivity contribution in [1.29, 1.82) is 0 Å². The van der Waals surface area contributed by atoms with Crippen LogP contribution in [0.15, 0.2) is 52.6 Å². The molecule has 4 heterocycles. The van der Waals surface area contributed by atoms with Gasteiger partial charge in [-0.2, -0.15) is 10.2 Å². The van der Waals surface area contributed by atoms with Gasteiger partial charge in [0.1, 0.15) is 0 Å². The van der Waals surface area contributed by atoms with Crippen LogP contribution in [0.3, 0.4) is 0 Å². The van der Waals surface area contributed by atoms with Crippen molar-refractivity contribution in [2.75, 3.05) is 19.6 Å². The average Bonchev–Trinajstić information content (AvgIpc) is 3.60. The summed E-state index contributed by atoms with van der Waals surface area (Å²) in [7, 11) is 0. The van der Waals surface area contributed by atoms with Crippen molar-refractivity contribution in [3.05, 3.63) is 69.6 Å². The molecular formula is C23H24N6O2S. The number of H-pyrrole nitrogens is 1. The Hall–Kier alpha value is -3.30. The number of benzene rings is 1. The van der Waals surface area contributed by atoms with Crippen molar-refractivity contribution >= 4 is 28.0 Å². The minimum absolute atomic E-state index is 0.0947. The Morgan fingerprint density at radius 1 is 1.09 bits per heavy atom. The van der Waals surface area contributed by atoms with E-state index in [1.54, 1.807) is 17.4 Å². The van der Waals surface area contributed by atoms with Crippen LogP contribution in [0.1, 0.15) is 29.0 Å². The first-order chi connectivity index (χ1) is 15.7. The quantitative estimate of drug-likeness (QED) is 0.453. The number of carbonyl (C=O) groups excluding carboxylic acids is 1. The third-order valence-corrected chi connectivity index (χ3v) is 6.69. The van der Waals surface area contributed by atoms with Crippen LogP contribution in [0.5, 0.6) is 0 Å². The second kappa shape index (κ2) is 9.05. The molecule has 1 fully saturated rings. The third kappa shape index (κ3) is 4.21. The molecule has 0 saturated carbocycles. The number of thiophene rings is 1. The summed E-state index contributed by atoms with van der Waals surface area (Å²) in [4.78, 5) is 29.0. The van der Waals surface area contributed by atoms with Gasteiger partial charge in [0, 0.05) is 11.9 Å². The summed E-state index contributed by atoms with van der Waals surface area (Å²) in [6.45, 7) is 3.69. The Morgan fingerprint density at radius 2 is 1.91 bits per heavy atom. The fourth-order valence-corrected chi connectivity index (χ4v) is 4.77. The molecule has 32 heavy (non-hydrogen) atoms. The molecule has 0 atom stereocenters. The van der Waals surface area contributed by atoms with Gasteiger partial charge < -0.3 is 10.2 Å². The molecule has 0 radical (unpaired) electrons. The van der Waals surface area contributed by atoms with Crippen molar-refractivity contribution in [2.45, 2.75) is 25.9 Å². The summed E-state index contributed by atoms with van der Waals surface area (Å²) in [6.07, 6.45) is 2.41. The van der Waals surface area contributed by atoms with Gasteiger partial charge in [-0.25, -0.2) is 4.68 Å². The molecule has 5 rings (SSSR count). The molecule has 164 valence electrons. The summed E-state index contributed by atoms with van der Waals surface area (Å²) < 4.78 is 1.53. The number of nitrogens with zero attached hydrogens (tertiary/aromatic N) is 4. The SMILES string of the molecule is O=C(NCc1nn(CCN2CCCC2)c(=O)c2ccccc12)c1cc(-c2cccs2)[nH]n1. The molecule has 0 unspecified atom stereocenters. The highest BCUT2D eigenvalue weighted by molar-refractivity contribution is 7.13. The van der Waals surface area contributed by atoms with Crippen molar-refractivity contribution in [2.24, 2.45) is 0 Å². The molecule has 1 saturated heterocycles. The first-order valence-corrected chi connectivity index (χ1v) is 11.7. The molecule has 8 nitrogen and oxygen atoms in total. The monoisotopic (exact) mass is 448 g/mol. The molecule has 2 N–H and O–H groups in total. The lowest BCUT2D eigenvalue weighted by atomic mass is 10.1. The maximum Gasteiger partial charge on any atom is 0.274 e. The molecule has 1 aliphatic rings. The number of nitrogens with one attached hydrogen (secondary N) is 2. The number of carbonyl (C=O) groups is 1. The van der Waals surface area contributed by atoms with E-state index in [9.17, 15) is 9.59 Å². The van der Waals surface area contributed by atoms with E-state index in [-0.39, 0.29) is 18.0 Å². The Morgan fingerprint density at radius 3 is 2.69 bits per heavy atom. The number of hydrogen-bond acceptors (Lipinski definition) is 6. The van der Waals surface area contributed by atoms with Crippen LogP contribution in [-0.2, 0) is 13.1 Å². The molecule has 4 aromatic rings. The van der Waals surface area contributed by atoms with Gasteiger partial charge in [0.2, 0.25) is 0 Å². The largest absolute Gasteiger partial charge is 0.345 e. The lowest BCUT2D eigenvalue weighted by Gasteiger charge is -2.16. The maximum atomic E-state index is 12.9. The number of amides is 1. The number of rotatable bonds is 7.